The van der Waals surface area contributed by atoms with E-state index < -0.39 is 12.1 Å². The number of hydrogen-bond acceptors (Lipinski definition) is 3. The zero-order valence-corrected chi connectivity index (χ0v) is 19.6. The Morgan fingerprint density at radius 3 is 2.21 bits per heavy atom. The van der Waals surface area contributed by atoms with Crippen molar-refractivity contribution >= 4 is 17.6 Å². The van der Waals surface area contributed by atoms with Gasteiger partial charge in [0.2, 0.25) is 0 Å². The van der Waals surface area contributed by atoms with Crippen molar-refractivity contribution in [2.45, 2.75) is 53.1 Å². The predicted octanol–water partition coefficient (Wildman–Crippen LogP) is 7.20. The number of aryl methyl sites for hydroxylation is 2. The van der Waals surface area contributed by atoms with Gasteiger partial charge < -0.3 is 11.1 Å². The lowest BCUT2D eigenvalue weighted by Gasteiger charge is -2.18. The first-order valence-corrected chi connectivity index (χ1v) is 10.5. The normalized spacial score (nSPS) is 12.5. The summed E-state index contributed by atoms with van der Waals surface area (Å²) in [5.74, 6) is -1.54. The van der Waals surface area contributed by atoms with E-state index in [0.29, 0.717) is 16.8 Å². The summed E-state index contributed by atoms with van der Waals surface area (Å²) in [4.78, 5) is 0. The van der Waals surface area contributed by atoms with Gasteiger partial charge in [-0.15, -0.1) is 0 Å². The van der Waals surface area contributed by atoms with E-state index in [1.165, 1.54) is 13.0 Å². The van der Waals surface area contributed by atoms with Crippen molar-refractivity contribution < 1.29 is 13.2 Å². The zero-order chi connectivity index (χ0) is 25.2. The van der Waals surface area contributed by atoms with Crippen LogP contribution in [0.5, 0.6) is 0 Å². The molecular formula is C26H31F3N4. The van der Waals surface area contributed by atoms with E-state index in [0.717, 1.165) is 29.2 Å². The molecular weight excluding hydrogens is 425 g/mol. The van der Waals surface area contributed by atoms with Gasteiger partial charge in [-0.2, -0.15) is 18.4 Å². The fraction of sp³-hybridized carbons (Fsp3) is 0.308. The number of hydrogen-bond donors (Lipinski definition) is 3. The number of nitrogens with zero attached hydrogens (tertiary/aromatic N) is 1. The first-order chi connectivity index (χ1) is 15.4. The maximum Gasteiger partial charge on any atom is 0.399 e. The summed E-state index contributed by atoms with van der Waals surface area (Å²) in [6, 6.07) is 12.1. The molecule has 0 bridgehead atoms. The van der Waals surface area contributed by atoms with Crippen molar-refractivity contribution in [3.8, 4) is 6.07 Å². The summed E-state index contributed by atoms with van der Waals surface area (Å²) >= 11 is 0. The van der Waals surface area contributed by atoms with Gasteiger partial charge >= 0.3 is 6.18 Å². The third-order valence-corrected chi connectivity index (χ3v) is 4.63. The average molecular weight is 457 g/mol. The van der Waals surface area contributed by atoms with Crippen LogP contribution in [0.1, 0.15) is 60.9 Å². The number of halogens is 3. The largest absolute Gasteiger partial charge is 0.399 e. The van der Waals surface area contributed by atoms with Gasteiger partial charge in [0.25, 0.3) is 0 Å². The minimum absolute atomic E-state index is 0.167. The molecule has 4 nitrogen and oxygen atoms in total. The average Bonchev–Trinajstić information content (AvgIpc) is 2.70. The number of nitriles is 1. The smallest absolute Gasteiger partial charge is 0.388 e. The molecule has 0 radical (unpaired) electrons. The molecule has 0 aliphatic carbocycles. The molecule has 1 atom stereocenters. The van der Waals surface area contributed by atoms with Gasteiger partial charge in [0.1, 0.15) is 6.07 Å². The molecule has 0 aromatic heterocycles. The lowest BCUT2D eigenvalue weighted by atomic mass is 9.94. The maximum absolute atomic E-state index is 13.7. The first kappa shape index (κ1) is 27.5. The Balaban J connectivity index is 0.00000125. The van der Waals surface area contributed by atoms with Gasteiger partial charge in [-0.05, 0) is 63.6 Å². The lowest BCUT2D eigenvalue weighted by Crippen LogP contribution is -2.19. The molecule has 7 heteroatoms. The molecule has 2 rings (SSSR count). The van der Waals surface area contributed by atoms with Crippen molar-refractivity contribution in [2.24, 2.45) is 5.73 Å². The second-order valence-corrected chi connectivity index (χ2v) is 7.89. The second-order valence-electron chi connectivity index (χ2n) is 7.89. The molecule has 0 saturated carbocycles. The van der Waals surface area contributed by atoms with Crippen molar-refractivity contribution in [3.63, 3.8) is 0 Å². The lowest BCUT2D eigenvalue weighted by molar-refractivity contribution is -0.139. The quantitative estimate of drug-likeness (QED) is 0.317. The number of rotatable bonds is 6. The van der Waals surface area contributed by atoms with E-state index in [4.69, 9.17) is 11.1 Å². The SMILES string of the molecule is CC(=N)N.CC/C(C)=C/Nc1ccc(/C=C/C(c2cc(C)cc(C)c2)C(F)(F)F)cc1C#N. The molecule has 2 aromatic carbocycles. The minimum atomic E-state index is -4.40. The highest BCUT2D eigenvalue weighted by molar-refractivity contribution is 5.73. The molecule has 33 heavy (non-hydrogen) atoms. The number of benzene rings is 2. The van der Waals surface area contributed by atoms with Gasteiger partial charge in [-0.3, -0.25) is 5.41 Å². The van der Waals surface area contributed by atoms with E-state index >= 15 is 0 Å². The topological polar surface area (TPSA) is 85.7 Å². The van der Waals surface area contributed by atoms with Crippen molar-refractivity contribution in [1.82, 2.24) is 0 Å². The minimum Gasteiger partial charge on any atom is -0.388 e. The Morgan fingerprint density at radius 2 is 1.73 bits per heavy atom. The van der Waals surface area contributed by atoms with E-state index in [-0.39, 0.29) is 11.4 Å². The Hall–Kier alpha value is -3.53. The molecule has 0 saturated heterocycles. The molecule has 0 fully saturated rings. The summed E-state index contributed by atoms with van der Waals surface area (Å²) in [5.41, 5.74) is 9.16. The summed E-state index contributed by atoms with van der Waals surface area (Å²) in [5, 5.41) is 18.8. The molecule has 0 spiro atoms. The first-order valence-electron chi connectivity index (χ1n) is 10.5. The van der Waals surface area contributed by atoms with Crippen LogP contribution in [0.3, 0.4) is 0 Å². The van der Waals surface area contributed by atoms with Crippen LogP contribution in [0.4, 0.5) is 18.9 Å². The Labute approximate surface area is 194 Å². The van der Waals surface area contributed by atoms with Crippen molar-refractivity contribution in [3.05, 3.63) is 82.1 Å². The predicted molar refractivity (Wildman–Crippen MR) is 130 cm³/mol. The van der Waals surface area contributed by atoms with Crippen LogP contribution >= 0.6 is 0 Å². The molecule has 176 valence electrons. The fourth-order valence-electron chi connectivity index (χ4n) is 2.99. The van der Waals surface area contributed by atoms with Crippen molar-refractivity contribution in [1.29, 1.82) is 10.7 Å². The van der Waals surface area contributed by atoms with E-state index in [2.05, 4.69) is 11.4 Å². The summed E-state index contributed by atoms with van der Waals surface area (Å²) in [6.45, 7) is 9.10. The number of alkyl halides is 3. The summed E-state index contributed by atoms with van der Waals surface area (Å²) in [7, 11) is 0. The highest BCUT2D eigenvalue weighted by atomic mass is 19.4. The zero-order valence-electron chi connectivity index (χ0n) is 19.6. The Morgan fingerprint density at radius 1 is 1.15 bits per heavy atom. The van der Waals surface area contributed by atoms with Crippen LogP contribution in [-0.2, 0) is 0 Å². The van der Waals surface area contributed by atoms with Crippen LogP contribution in [0.15, 0.2) is 54.2 Å². The van der Waals surface area contributed by atoms with Gasteiger partial charge in [0, 0.05) is 0 Å². The van der Waals surface area contributed by atoms with Crippen LogP contribution in [-0.4, -0.2) is 12.0 Å². The summed E-state index contributed by atoms with van der Waals surface area (Å²) in [6.07, 6.45) is 0.879. The molecule has 0 aliphatic rings. The number of allylic oxidation sites excluding steroid dienone is 2. The molecule has 0 aliphatic heterocycles. The van der Waals surface area contributed by atoms with E-state index in [1.54, 1.807) is 44.2 Å². The number of anilines is 1. The van der Waals surface area contributed by atoms with Crippen LogP contribution in [0.2, 0.25) is 0 Å². The van der Waals surface area contributed by atoms with Crippen LogP contribution in [0, 0.1) is 30.6 Å². The number of nitrogens with two attached hydrogens (primary N) is 1. The van der Waals surface area contributed by atoms with Gasteiger partial charge in [-0.25, -0.2) is 0 Å². The van der Waals surface area contributed by atoms with E-state index in [1.807, 2.05) is 26.1 Å². The van der Waals surface area contributed by atoms with E-state index in [9.17, 15) is 18.4 Å². The number of amidine groups is 1. The molecule has 0 amide bonds. The number of nitrogens with one attached hydrogen (secondary N) is 2. The van der Waals surface area contributed by atoms with Crippen LogP contribution < -0.4 is 11.1 Å². The van der Waals surface area contributed by atoms with Gasteiger partial charge in [0.05, 0.1) is 23.0 Å². The second kappa shape index (κ2) is 12.5. The molecule has 0 heterocycles. The molecule has 1 unspecified atom stereocenters. The summed E-state index contributed by atoms with van der Waals surface area (Å²) < 4.78 is 41.0. The van der Waals surface area contributed by atoms with Gasteiger partial charge in [0.15, 0.2) is 0 Å². The third kappa shape index (κ3) is 9.65. The highest BCUT2D eigenvalue weighted by Gasteiger charge is 2.39. The maximum atomic E-state index is 13.7. The Kier molecular flexibility index (Phi) is 10.4. The van der Waals surface area contributed by atoms with Crippen LogP contribution in [0.25, 0.3) is 6.08 Å². The highest BCUT2D eigenvalue weighted by Crippen LogP contribution is 2.37. The monoisotopic (exact) mass is 456 g/mol. The standard InChI is InChI=1S/C24H25F3N2.C2H6N2/c1-5-16(2)15-29-23-9-7-19(13-21(23)14-28)6-8-22(24(25,26)27)20-11-17(3)10-18(4)12-20;1-2(3)4/h6-13,15,22,29H,5H2,1-4H3;1H3,(H3,3,4)/b8-6+,16-15+;. The molecule has 2 aromatic rings. The third-order valence-electron chi connectivity index (χ3n) is 4.63. The molecule has 4 N–H and O–H groups in total. The van der Waals surface area contributed by atoms with Gasteiger partial charge in [-0.1, -0.05) is 60.0 Å². The Bertz CT molecular complexity index is 1040. The van der Waals surface area contributed by atoms with Crippen molar-refractivity contribution in [2.75, 3.05) is 5.32 Å². The fourth-order valence-corrected chi connectivity index (χ4v) is 2.99.